The number of fused-ring (bicyclic) bond motifs is 1. The van der Waals surface area contributed by atoms with E-state index in [-0.39, 0.29) is 4.90 Å². The summed E-state index contributed by atoms with van der Waals surface area (Å²) in [5.74, 6) is -1.25. The van der Waals surface area contributed by atoms with Crippen molar-refractivity contribution in [3.05, 3.63) is 28.7 Å². The number of H-pyrrole nitrogens is 2. The SMILES string of the molecule is CN(CC(=O)O)S(=O)(=O)c1ccc2[nH]c(=O)[nH]c2c1. The average molecular weight is 285 g/mol. The van der Waals surface area contributed by atoms with Gasteiger partial charge in [0.15, 0.2) is 0 Å². The number of nitrogens with one attached hydrogen (secondary N) is 2. The molecule has 0 aliphatic carbocycles. The van der Waals surface area contributed by atoms with Gasteiger partial charge in [0.2, 0.25) is 10.0 Å². The minimum atomic E-state index is -3.90. The fourth-order valence-corrected chi connectivity index (χ4v) is 2.77. The van der Waals surface area contributed by atoms with Crippen molar-refractivity contribution in [3.63, 3.8) is 0 Å². The highest BCUT2D eigenvalue weighted by atomic mass is 32.2. The first-order valence-electron chi connectivity index (χ1n) is 5.21. The van der Waals surface area contributed by atoms with Crippen molar-refractivity contribution in [2.45, 2.75) is 4.90 Å². The van der Waals surface area contributed by atoms with E-state index < -0.39 is 28.2 Å². The lowest BCUT2D eigenvalue weighted by molar-refractivity contribution is -0.137. The van der Waals surface area contributed by atoms with Crippen LogP contribution in [0.4, 0.5) is 0 Å². The molecule has 0 unspecified atom stereocenters. The third kappa shape index (κ3) is 2.51. The zero-order valence-electron chi connectivity index (χ0n) is 9.87. The number of carboxylic acids is 1. The first-order chi connectivity index (χ1) is 8.80. The van der Waals surface area contributed by atoms with Gasteiger partial charge in [-0.25, -0.2) is 13.2 Å². The van der Waals surface area contributed by atoms with Gasteiger partial charge in [-0.3, -0.25) is 4.79 Å². The fourth-order valence-electron chi connectivity index (χ4n) is 1.63. The number of benzene rings is 1. The third-order valence-corrected chi connectivity index (χ3v) is 4.35. The van der Waals surface area contributed by atoms with Crippen molar-refractivity contribution >= 4 is 27.0 Å². The Morgan fingerprint density at radius 1 is 1.32 bits per heavy atom. The number of carboxylic acid groups (broad SMARTS) is 1. The van der Waals surface area contributed by atoms with E-state index in [1.54, 1.807) is 0 Å². The summed E-state index contributed by atoms with van der Waals surface area (Å²) in [6, 6.07) is 4.02. The number of rotatable bonds is 4. The molecule has 0 saturated heterocycles. The highest BCUT2D eigenvalue weighted by Crippen LogP contribution is 2.18. The molecule has 8 nitrogen and oxygen atoms in total. The summed E-state index contributed by atoms with van der Waals surface area (Å²) in [5.41, 5.74) is 0.378. The van der Waals surface area contributed by atoms with Crippen LogP contribution in [-0.4, -0.2) is 47.4 Å². The lowest BCUT2D eigenvalue weighted by Crippen LogP contribution is -2.32. The van der Waals surface area contributed by atoms with Crippen LogP contribution in [0.2, 0.25) is 0 Å². The first kappa shape index (κ1) is 13.3. The molecule has 2 aromatic rings. The maximum Gasteiger partial charge on any atom is 0.323 e. The van der Waals surface area contributed by atoms with Gasteiger partial charge in [-0.15, -0.1) is 0 Å². The molecule has 0 spiro atoms. The van der Waals surface area contributed by atoms with Crippen LogP contribution >= 0.6 is 0 Å². The van der Waals surface area contributed by atoms with E-state index in [0.717, 1.165) is 4.31 Å². The second-order valence-electron chi connectivity index (χ2n) is 3.94. The summed E-state index contributed by atoms with van der Waals surface area (Å²) in [6.07, 6.45) is 0. The Hall–Kier alpha value is -2.13. The number of aliphatic carboxylic acids is 1. The van der Waals surface area contributed by atoms with E-state index in [1.165, 1.54) is 25.2 Å². The number of likely N-dealkylation sites (N-methyl/N-ethyl adjacent to an activating group) is 1. The first-order valence-corrected chi connectivity index (χ1v) is 6.65. The van der Waals surface area contributed by atoms with E-state index >= 15 is 0 Å². The molecule has 9 heteroatoms. The molecule has 1 aromatic carbocycles. The largest absolute Gasteiger partial charge is 0.480 e. The zero-order chi connectivity index (χ0) is 14.2. The molecule has 1 heterocycles. The summed E-state index contributed by atoms with van der Waals surface area (Å²) >= 11 is 0. The van der Waals surface area contributed by atoms with Crippen LogP contribution in [0, 0.1) is 0 Å². The van der Waals surface area contributed by atoms with Gasteiger partial charge in [-0.05, 0) is 18.2 Å². The van der Waals surface area contributed by atoms with Crippen molar-refractivity contribution in [2.24, 2.45) is 0 Å². The van der Waals surface area contributed by atoms with Crippen LogP contribution in [-0.2, 0) is 14.8 Å². The molecule has 0 saturated carbocycles. The molecular formula is C10H11N3O5S. The van der Waals surface area contributed by atoms with Crippen LogP contribution in [0.15, 0.2) is 27.9 Å². The predicted molar refractivity (Wildman–Crippen MR) is 66.4 cm³/mol. The Bertz CT molecular complexity index is 789. The smallest absolute Gasteiger partial charge is 0.323 e. The Morgan fingerprint density at radius 3 is 2.58 bits per heavy atom. The molecule has 0 aliphatic heterocycles. The Labute approximate surface area is 107 Å². The van der Waals surface area contributed by atoms with Crippen molar-refractivity contribution < 1.29 is 18.3 Å². The molecule has 102 valence electrons. The molecular weight excluding hydrogens is 274 g/mol. The van der Waals surface area contributed by atoms with E-state index in [4.69, 9.17) is 5.11 Å². The molecule has 0 fully saturated rings. The number of aromatic nitrogens is 2. The van der Waals surface area contributed by atoms with Crippen molar-refractivity contribution in [1.82, 2.24) is 14.3 Å². The van der Waals surface area contributed by atoms with Crippen molar-refractivity contribution in [3.8, 4) is 0 Å². The molecule has 0 bridgehead atoms. The van der Waals surface area contributed by atoms with Gasteiger partial charge in [0.1, 0.15) is 6.54 Å². The topological polar surface area (TPSA) is 123 Å². The van der Waals surface area contributed by atoms with Gasteiger partial charge in [0.05, 0.1) is 15.9 Å². The van der Waals surface area contributed by atoms with Crippen molar-refractivity contribution in [2.75, 3.05) is 13.6 Å². The minimum Gasteiger partial charge on any atom is -0.480 e. The van der Waals surface area contributed by atoms with Gasteiger partial charge < -0.3 is 15.1 Å². The summed E-state index contributed by atoms with van der Waals surface area (Å²) in [4.78, 5) is 26.5. The molecule has 0 amide bonds. The van der Waals surface area contributed by atoms with Gasteiger partial charge in [-0.2, -0.15) is 4.31 Å². The number of sulfonamides is 1. The molecule has 3 N–H and O–H groups in total. The lowest BCUT2D eigenvalue weighted by atomic mass is 10.3. The Balaban J connectivity index is 2.48. The van der Waals surface area contributed by atoms with Crippen LogP contribution in [0.5, 0.6) is 0 Å². The van der Waals surface area contributed by atoms with Crippen LogP contribution < -0.4 is 5.69 Å². The molecule has 19 heavy (non-hydrogen) atoms. The maximum absolute atomic E-state index is 12.1. The van der Waals surface area contributed by atoms with Crippen molar-refractivity contribution in [1.29, 1.82) is 0 Å². The summed E-state index contributed by atoms with van der Waals surface area (Å²) in [5, 5.41) is 8.61. The molecule has 0 aliphatic rings. The van der Waals surface area contributed by atoms with Crippen LogP contribution in [0.3, 0.4) is 0 Å². The van der Waals surface area contributed by atoms with Gasteiger partial charge in [0.25, 0.3) is 0 Å². The number of hydrogen-bond donors (Lipinski definition) is 3. The zero-order valence-corrected chi connectivity index (χ0v) is 10.7. The number of imidazole rings is 1. The predicted octanol–water partition coefficient (Wildman–Crippen LogP) is -0.439. The van der Waals surface area contributed by atoms with E-state index in [0.29, 0.717) is 11.0 Å². The van der Waals surface area contributed by atoms with Crippen LogP contribution in [0.25, 0.3) is 11.0 Å². The summed E-state index contributed by atoms with van der Waals surface area (Å²) < 4.78 is 24.9. The maximum atomic E-state index is 12.1. The summed E-state index contributed by atoms with van der Waals surface area (Å²) in [7, 11) is -2.73. The summed E-state index contributed by atoms with van der Waals surface area (Å²) in [6.45, 7) is -0.635. The second-order valence-corrected chi connectivity index (χ2v) is 5.99. The quantitative estimate of drug-likeness (QED) is 0.702. The van der Waals surface area contributed by atoms with E-state index in [9.17, 15) is 18.0 Å². The number of aromatic amines is 2. The van der Waals surface area contributed by atoms with E-state index in [2.05, 4.69) is 9.97 Å². The number of nitrogens with zero attached hydrogens (tertiary/aromatic N) is 1. The normalized spacial score (nSPS) is 12.1. The molecule has 0 atom stereocenters. The molecule has 1 aromatic heterocycles. The fraction of sp³-hybridized carbons (Fsp3) is 0.200. The monoisotopic (exact) mass is 285 g/mol. The lowest BCUT2D eigenvalue weighted by Gasteiger charge is -2.14. The standard InChI is InChI=1S/C10H11N3O5S/c1-13(5-9(14)15)19(17,18)6-2-3-7-8(4-6)12-10(16)11-7/h2-4H,5H2,1H3,(H,14,15)(H2,11,12,16). The number of hydrogen-bond acceptors (Lipinski definition) is 4. The number of carbonyl (C=O) groups is 1. The molecule has 2 rings (SSSR count). The molecule has 0 radical (unpaired) electrons. The van der Waals surface area contributed by atoms with E-state index in [1.807, 2.05) is 0 Å². The highest BCUT2D eigenvalue weighted by Gasteiger charge is 2.23. The Kier molecular flexibility index (Phi) is 3.16. The second kappa shape index (κ2) is 4.52. The Morgan fingerprint density at radius 2 is 1.95 bits per heavy atom. The minimum absolute atomic E-state index is 0.0843. The third-order valence-electron chi connectivity index (χ3n) is 2.55. The highest BCUT2D eigenvalue weighted by molar-refractivity contribution is 7.89. The van der Waals surface area contributed by atoms with Gasteiger partial charge in [0, 0.05) is 7.05 Å². The van der Waals surface area contributed by atoms with Gasteiger partial charge in [-0.1, -0.05) is 0 Å². The van der Waals surface area contributed by atoms with Gasteiger partial charge >= 0.3 is 11.7 Å². The average Bonchev–Trinajstić information content (AvgIpc) is 2.66. The van der Waals surface area contributed by atoms with Crippen LogP contribution in [0.1, 0.15) is 0 Å².